The Hall–Kier alpha value is -14.2. The fourth-order valence-corrected chi connectivity index (χ4v) is 25.1. The van der Waals surface area contributed by atoms with Crippen molar-refractivity contribution in [3.05, 3.63) is 364 Å². The largest absolute Gasteiger partial charge is 0.437 e. The SMILES string of the molecule is CC1(C)c2ccccc2B2c3cc4ccccc4nc3Oc3nc4ccccc4c1c32.CC1(C)c2ccccc2B2c3ccn(-c4ccccc4)c3Oc3c2c1cn3-c1ccccc1.CC1(C)c2ccccc2B2c3ccoc3Oc3occ1c32.CC1(C)c2ccccc2B2c3ccsc3Oc3scc1c32.Cc1ncc2c(n1)Oc1nc(C)nc3c1B2c1ccccc1C3(C)C. The van der Waals surface area contributed by atoms with Gasteiger partial charge in [0.05, 0.1) is 29.3 Å². The molecular weight excluding hydrogens is 1650 g/mol. The molecule has 630 valence electrons. The van der Waals surface area contributed by atoms with Gasteiger partial charge in [-0.3, -0.25) is 9.13 Å². The average molecular weight is 1740 g/mol. The number of aromatic nitrogens is 8. The van der Waals surface area contributed by atoms with E-state index in [1.54, 1.807) is 28.9 Å². The standard InChI is InChI=1S/C29H23BN2O.C27H19BN2O.C19H17BN4O.C17H13BO3.C17H13BOS2/c1-29(2)22-15-9-10-16-24(22)30-25-17-18-31(20-11-5-3-6-12-20)27(25)33-28-26(30)23(29)19-32(28)21-13-7-4-8-14-21;1-27(2)18-11-5-6-12-19(18)28-20-15-16-9-3-7-13-21(16)29-25(20)31-26-24(28)23(27)17-10-4-8-14-22(17)30-26;1-10-21-9-14-17(23-10)25-18-15-16(22-11(2)24-18)19(3,4)12-7-5-6-8-13(12)20(14)15;1-17(2)10-5-3-4-6-12(10)18-13-7-8-19-15(13)21-16-14(18)11(17)9-20-16;1-17(2)10-5-3-4-6-12(10)18-13-7-8-20-15(13)19-16-14(18)11(17)9-21-16/h3-19H,1-2H3;3-15H,1-2H3;5-9H,1-4H3;2*3-9H,1-2H3. The van der Waals surface area contributed by atoms with Gasteiger partial charge in [-0.2, -0.15) is 9.97 Å². The number of para-hydroxylation sites is 4. The second-order valence-electron chi connectivity index (χ2n) is 38.3. The van der Waals surface area contributed by atoms with E-state index in [-0.39, 0.29) is 53.9 Å². The Morgan fingerprint density at radius 2 is 0.855 bits per heavy atom. The Labute approximate surface area is 769 Å². The molecule has 22 heteroatoms. The van der Waals surface area contributed by atoms with Gasteiger partial charge in [-0.1, -0.05) is 303 Å². The quantitative estimate of drug-likeness (QED) is 0.151. The normalized spacial score (nSPS) is 15.7. The van der Waals surface area contributed by atoms with Gasteiger partial charge in [0, 0.05) is 84.3 Å². The van der Waals surface area contributed by atoms with Gasteiger partial charge in [-0.15, -0.1) is 22.7 Å². The van der Waals surface area contributed by atoms with Crippen molar-refractivity contribution >= 4 is 160 Å². The number of aryl methyl sites for hydroxylation is 2. The molecule has 131 heavy (non-hydrogen) atoms. The summed E-state index contributed by atoms with van der Waals surface area (Å²) < 4.78 is 46.8. The second-order valence-corrected chi connectivity index (χ2v) is 40.0. The van der Waals surface area contributed by atoms with Crippen LogP contribution in [-0.2, 0) is 27.1 Å². The first kappa shape index (κ1) is 79.0. The van der Waals surface area contributed by atoms with Crippen molar-refractivity contribution in [3.63, 3.8) is 0 Å². The van der Waals surface area contributed by atoms with E-state index in [0.29, 0.717) is 53.8 Å². The predicted molar refractivity (Wildman–Crippen MR) is 531 cm³/mol. The molecule has 10 aromatic heterocycles. The van der Waals surface area contributed by atoms with Crippen LogP contribution < -0.4 is 106 Å². The lowest BCUT2D eigenvalue weighted by atomic mass is 9.31. The Balaban J connectivity index is 0.0000000892. The van der Waals surface area contributed by atoms with Crippen LogP contribution in [0.25, 0.3) is 33.2 Å². The van der Waals surface area contributed by atoms with Crippen molar-refractivity contribution in [1.29, 1.82) is 0 Å². The Morgan fingerprint density at radius 3 is 1.53 bits per heavy atom. The predicted octanol–water partition coefficient (Wildman–Crippen LogP) is 14.9. The molecule has 0 unspecified atom stereocenters. The van der Waals surface area contributed by atoms with Crippen LogP contribution in [-0.4, -0.2) is 72.6 Å². The van der Waals surface area contributed by atoms with E-state index < -0.39 is 0 Å². The number of pyridine rings is 2. The first-order valence-electron chi connectivity index (χ1n) is 45.0. The lowest BCUT2D eigenvalue weighted by Gasteiger charge is -2.41. The molecule has 10 aliphatic heterocycles. The van der Waals surface area contributed by atoms with Gasteiger partial charge in [-0.25, -0.2) is 19.9 Å². The number of ether oxygens (including phenoxy) is 5. The molecule has 20 heterocycles. The minimum atomic E-state index is -0.211. The minimum absolute atomic E-state index is 0.0131. The van der Waals surface area contributed by atoms with Crippen molar-refractivity contribution in [2.45, 2.75) is 110 Å². The van der Waals surface area contributed by atoms with E-state index >= 15 is 0 Å². The highest BCUT2D eigenvalue weighted by atomic mass is 32.1. The fraction of sp³-hybridized carbons (Fsp3) is 0.156. The van der Waals surface area contributed by atoms with Crippen LogP contribution in [0.1, 0.15) is 137 Å². The molecule has 0 saturated carbocycles. The van der Waals surface area contributed by atoms with Crippen LogP contribution in [0.3, 0.4) is 0 Å². The van der Waals surface area contributed by atoms with Crippen LogP contribution >= 0.6 is 22.7 Å². The third kappa shape index (κ3) is 11.7. The van der Waals surface area contributed by atoms with E-state index in [9.17, 15) is 0 Å². The number of hydrogen-bond acceptors (Lipinski definition) is 15. The number of fused-ring (bicyclic) bond motifs is 23. The zero-order valence-electron chi connectivity index (χ0n) is 74.4. The number of benzene rings is 9. The molecule has 15 nitrogen and oxygen atoms in total. The summed E-state index contributed by atoms with van der Waals surface area (Å²) >= 11 is 3.45. The van der Waals surface area contributed by atoms with Crippen molar-refractivity contribution in [2.24, 2.45) is 0 Å². The van der Waals surface area contributed by atoms with Gasteiger partial charge >= 0.3 is 0 Å². The van der Waals surface area contributed by atoms with Crippen molar-refractivity contribution in [2.75, 3.05) is 0 Å². The maximum Gasteiger partial charge on any atom is 0.287 e. The van der Waals surface area contributed by atoms with Crippen molar-refractivity contribution < 1.29 is 32.5 Å². The fourth-order valence-electron chi connectivity index (χ4n) is 23.1. The van der Waals surface area contributed by atoms with Crippen molar-refractivity contribution in [1.82, 2.24) is 39.0 Å². The van der Waals surface area contributed by atoms with Crippen LogP contribution in [0.5, 0.6) is 57.3 Å². The highest BCUT2D eigenvalue weighted by Gasteiger charge is 2.54. The summed E-state index contributed by atoms with van der Waals surface area (Å²) in [4.78, 5) is 28.2. The molecule has 0 saturated heterocycles. The third-order valence-corrected chi connectivity index (χ3v) is 31.0. The molecule has 0 radical (unpaired) electrons. The van der Waals surface area contributed by atoms with E-state index in [0.717, 1.165) is 82.7 Å². The molecule has 0 bridgehead atoms. The van der Waals surface area contributed by atoms with Gasteiger partial charge < -0.3 is 32.5 Å². The van der Waals surface area contributed by atoms with Crippen LogP contribution in [0.15, 0.2) is 305 Å². The van der Waals surface area contributed by atoms with Crippen LogP contribution in [0, 0.1) is 13.8 Å². The lowest BCUT2D eigenvalue weighted by molar-refractivity contribution is 0.283. The van der Waals surface area contributed by atoms with E-state index in [1.165, 1.54) is 110 Å². The van der Waals surface area contributed by atoms with Gasteiger partial charge in [0.15, 0.2) is 10.1 Å². The molecule has 0 aliphatic carbocycles. The lowest BCUT2D eigenvalue weighted by Crippen LogP contribution is -2.63. The second kappa shape index (κ2) is 28.9. The Bertz CT molecular complexity index is 7860. The summed E-state index contributed by atoms with van der Waals surface area (Å²) in [6.45, 7) is 27.3. The average Bonchev–Trinajstić information content (AvgIpc) is 1.69. The molecule has 10 aliphatic rings. The number of furan rings is 2. The molecule has 0 amide bonds. The molecule has 0 spiro atoms. The monoisotopic (exact) mass is 1740 g/mol. The van der Waals surface area contributed by atoms with Gasteiger partial charge in [-0.05, 0) is 161 Å². The minimum Gasteiger partial charge on any atom is -0.437 e. The Morgan fingerprint density at radius 1 is 0.328 bits per heavy atom. The van der Waals surface area contributed by atoms with E-state index in [4.69, 9.17) is 47.5 Å². The third-order valence-electron chi connectivity index (χ3n) is 29.3. The summed E-state index contributed by atoms with van der Waals surface area (Å²) in [6, 6.07) is 90.1. The molecule has 0 N–H and O–H groups in total. The maximum atomic E-state index is 6.81. The summed E-state index contributed by atoms with van der Waals surface area (Å²) in [6.07, 6.45) is 9.82. The Kier molecular flexibility index (Phi) is 17.4. The topological polar surface area (TPSA) is 160 Å². The molecule has 9 aromatic carbocycles. The number of nitrogens with zero attached hydrogens (tertiary/aromatic N) is 8. The smallest absolute Gasteiger partial charge is 0.287 e. The maximum absolute atomic E-state index is 6.81. The highest BCUT2D eigenvalue weighted by molar-refractivity contribution is 7.19. The first-order valence-corrected chi connectivity index (χ1v) is 46.7. The highest BCUT2D eigenvalue weighted by Crippen LogP contribution is 2.48. The summed E-state index contributed by atoms with van der Waals surface area (Å²) in [5, 5.41) is 8.92. The number of thiophene rings is 2. The first-order chi connectivity index (χ1) is 63.6. The van der Waals surface area contributed by atoms with Gasteiger partial charge in [0.1, 0.15) is 11.6 Å². The van der Waals surface area contributed by atoms with Crippen LogP contribution in [0.2, 0.25) is 0 Å². The molecule has 0 fully saturated rings. The molecular formula is C109H85B5N8O7S2. The molecule has 19 aromatic rings. The van der Waals surface area contributed by atoms with Gasteiger partial charge in [0.2, 0.25) is 35.3 Å². The van der Waals surface area contributed by atoms with E-state index in [1.807, 2.05) is 56.6 Å². The zero-order valence-corrected chi connectivity index (χ0v) is 76.1. The number of hydrogen-bond donors (Lipinski definition) is 0. The molecule has 29 rings (SSSR count). The van der Waals surface area contributed by atoms with E-state index in [2.05, 4.69) is 341 Å². The zero-order chi connectivity index (χ0) is 88.6. The number of rotatable bonds is 2. The summed E-state index contributed by atoms with van der Waals surface area (Å²) in [5.74, 6) is 6.93. The summed E-state index contributed by atoms with van der Waals surface area (Å²) in [7, 11) is 0. The van der Waals surface area contributed by atoms with Gasteiger partial charge in [0.25, 0.3) is 45.5 Å². The van der Waals surface area contributed by atoms with Crippen LogP contribution in [0.4, 0.5) is 0 Å². The molecule has 0 atom stereocenters. The van der Waals surface area contributed by atoms with Crippen molar-refractivity contribution in [3.8, 4) is 68.7 Å². The summed E-state index contributed by atoms with van der Waals surface area (Å²) in [5.41, 5.74) is 35.2.